The third-order valence-corrected chi connectivity index (χ3v) is 4.53. The van der Waals surface area contributed by atoms with Crippen molar-refractivity contribution < 1.29 is 9.32 Å². The van der Waals surface area contributed by atoms with E-state index in [2.05, 4.69) is 37.6 Å². The van der Waals surface area contributed by atoms with Crippen molar-refractivity contribution in [3.8, 4) is 11.5 Å². The summed E-state index contributed by atoms with van der Waals surface area (Å²) < 4.78 is 5.17. The average molecular weight is 372 g/mol. The zero-order valence-corrected chi connectivity index (χ0v) is 15.3. The van der Waals surface area contributed by atoms with Gasteiger partial charge in [-0.1, -0.05) is 42.3 Å². The monoisotopic (exact) mass is 372 g/mol. The molecule has 0 saturated heterocycles. The minimum absolute atomic E-state index is 0.154. The number of aromatic nitrogens is 5. The van der Waals surface area contributed by atoms with Crippen molar-refractivity contribution in [1.29, 1.82) is 0 Å². The van der Waals surface area contributed by atoms with E-state index in [0.29, 0.717) is 29.0 Å². The molecule has 0 radical (unpaired) electrons. The molecule has 3 aromatic rings. The van der Waals surface area contributed by atoms with E-state index in [9.17, 15) is 4.79 Å². The van der Waals surface area contributed by atoms with Gasteiger partial charge in [0, 0.05) is 25.5 Å². The minimum atomic E-state index is -0.154. The van der Waals surface area contributed by atoms with Crippen molar-refractivity contribution in [3.05, 3.63) is 35.3 Å². The molecule has 1 N–H and O–H groups in total. The fourth-order valence-corrected chi connectivity index (χ4v) is 3.09. The minimum Gasteiger partial charge on any atom is -0.339 e. The summed E-state index contributed by atoms with van der Waals surface area (Å²) in [7, 11) is 0. The molecule has 0 saturated carbocycles. The fourth-order valence-electron chi connectivity index (χ4n) is 2.29. The molecule has 0 bridgehead atoms. The maximum atomic E-state index is 12.1. The summed E-state index contributed by atoms with van der Waals surface area (Å²) >= 11 is 1.42. The third-order valence-electron chi connectivity index (χ3n) is 3.64. The molecule has 9 heteroatoms. The van der Waals surface area contributed by atoms with Crippen LogP contribution in [0.4, 0.5) is 5.13 Å². The number of anilines is 1. The second kappa shape index (κ2) is 9.14. The molecular formula is C17H20N6O2S. The van der Waals surface area contributed by atoms with Crippen molar-refractivity contribution in [1.82, 2.24) is 25.3 Å². The molecule has 3 aromatic heterocycles. The summed E-state index contributed by atoms with van der Waals surface area (Å²) in [4.78, 5) is 20.5. The van der Waals surface area contributed by atoms with E-state index in [1.807, 2.05) is 12.1 Å². The van der Waals surface area contributed by atoms with Crippen molar-refractivity contribution in [2.45, 2.75) is 45.4 Å². The molecule has 0 atom stereocenters. The Morgan fingerprint density at radius 1 is 1.23 bits per heavy atom. The van der Waals surface area contributed by atoms with E-state index < -0.39 is 0 Å². The van der Waals surface area contributed by atoms with E-state index in [4.69, 9.17) is 4.52 Å². The van der Waals surface area contributed by atoms with Gasteiger partial charge >= 0.3 is 0 Å². The molecule has 0 fully saturated rings. The maximum Gasteiger partial charge on any atom is 0.227 e. The smallest absolute Gasteiger partial charge is 0.227 e. The van der Waals surface area contributed by atoms with Crippen LogP contribution in [0.2, 0.25) is 0 Å². The molecular weight excluding hydrogens is 352 g/mol. The normalized spacial score (nSPS) is 10.8. The van der Waals surface area contributed by atoms with Crippen molar-refractivity contribution in [2.24, 2.45) is 0 Å². The van der Waals surface area contributed by atoms with Crippen molar-refractivity contribution in [3.63, 3.8) is 0 Å². The number of rotatable bonds is 9. The Kier molecular flexibility index (Phi) is 6.37. The predicted octanol–water partition coefficient (Wildman–Crippen LogP) is 3.29. The van der Waals surface area contributed by atoms with Gasteiger partial charge in [0.25, 0.3) is 0 Å². The van der Waals surface area contributed by atoms with Gasteiger partial charge in [-0.3, -0.25) is 9.78 Å². The van der Waals surface area contributed by atoms with Crippen LogP contribution in [-0.2, 0) is 17.6 Å². The molecule has 0 unspecified atom stereocenters. The summed E-state index contributed by atoms with van der Waals surface area (Å²) in [6, 6.07) is 5.47. The van der Waals surface area contributed by atoms with E-state index >= 15 is 0 Å². The number of hydrogen-bond donors (Lipinski definition) is 1. The van der Waals surface area contributed by atoms with Crippen LogP contribution in [0.15, 0.2) is 28.9 Å². The first-order valence-electron chi connectivity index (χ1n) is 8.61. The molecule has 3 rings (SSSR count). The van der Waals surface area contributed by atoms with Gasteiger partial charge in [0.05, 0.1) is 0 Å². The van der Waals surface area contributed by atoms with E-state index in [1.54, 1.807) is 12.3 Å². The lowest BCUT2D eigenvalue weighted by Gasteiger charge is -1.98. The highest BCUT2D eigenvalue weighted by atomic mass is 32.1. The standard InChI is InChI=1S/C17H20N6O2S/c1-2-3-4-8-15-21-22-17(26-15)19-13(24)9-10-14-20-16(23-25-14)12-7-5-6-11-18-12/h5-7,11H,2-4,8-10H2,1H3,(H,19,22,24). The molecule has 136 valence electrons. The summed E-state index contributed by atoms with van der Waals surface area (Å²) in [6.07, 6.45) is 6.58. The summed E-state index contributed by atoms with van der Waals surface area (Å²) in [5.41, 5.74) is 0.636. The lowest BCUT2D eigenvalue weighted by molar-refractivity contribution is -0.116. The lowest BCUT2D eigenvalue weighted by atomic mass is 10.2. The van der Waals surface area contributed by atoms with Crippen molar-refractivity contribution >= 4 is 22.4 Å². The average Bonchev–Trinajstić information content (AvgIpc) is 3.31. The molecule has 1 amide bonds. The number of hydrogen-bond acceptors (Lipinski definition) is 8. The Morgan fingerprint density at radius 2 is 2.15 bits per heavy atom. The fraction of sp³-hybridized carbons (Fsp3) is 0.412. The summed E-state index contributed by atoms with van der Waals surface area (Å²) in [5.74, 6) is 0.666. The maximum absolute atomic E-state index is 12.1. The number of unbranched alkanes of at least 4 members (excludes halogenated alkanes) is 2. The highest BCUT2D eigenvalue weighted by Gasteiger charge is 2.13. The molecule has 0 spiro atoms. The van der Waals surface area contributed by atoms with E-state index in [0.717, 1.165) is 17.8 Å². The molecule has 3 heterocycles. The Hall–Kier alpha value is -2.68. The Morgan fingerprint density at radius 3 is 2.96 bits per heavy atom. The van der Waals surface area contributed by atoms with E-state index in [1.165, 1.54) is 24.2 Å². The van der Waals surface area contributed by atoms with Gasteiger partial charge in [-0.15, -0.1) is 10.2 Å². The molecule has 0 aliphatic heterocycles. The van der Waals surface area contributed by atoms with Crippen LogP contribution in [0.1, 0.15) is 43.5 Å². The Bertz CT molecular complexity index is 833. The van der Waals surface area contributed by atoms with Gasteiger partial charge in [-0.2, -0.15) is 4.98 Å². The quantitative estimate of drug-likeness (QED) is 0.574. The summed E-state index contributed by atoms with van der Waals surface area (Å²) in [5, 5.41) is 16.2. The number of pyridine rings is 1. The van der Waals surface area contributed by atoms with Crippen LogP contribution < -0.4 is 5.32 Å². The number of amides is 1. The highest BCUT2D eigenvalue weighted by molar-refractivity contribution is 7.15. The van der Waals surface area contributed by atoms with Crippen LogP contribution in [0.3, 0.4) is 0 Å². The number of aryl methyl sites for hydroxylation is 2. The second-order valence-electron chi connectivity index (χ2n) is 5.73. The Labute approximate surface area is 155 Å². The number of carbonyl (C=O) groups excluding carboxylic acids is 1. The van der Waals surface area contributed by atoms with Gasteiger partial charge in [-0.25, -0.2) is 0 Å². The molecule has 0 aliphatic carbocycles. The van der Waals surface area contributed by atoms with Gasteiger partial charge in [0.2, 0.25) is 22.8 Å². The molecule has 8 nitrogen and oxygen atoms in total. The van der Waals surface area contributed by atoms with Crippen LogP contribution in [0.25, 0.3) is 11.5 Å². The van der Waals surface area contributed by atoms with E-state index in [-0.39, 0.29) is 12.3 Å². The first kappa shape index (κ1) is 18.1. The van der Waals surface area contributed by atoms with Crippen LogP contribution in [-0.4, -0.2) is 31.2 Å². The number of carbonyl (C=O) groups is 1. The van der Waals surface area contributed by atoms with Gasteiger partial charge in [-0.05, 0) is 18.6 Å². The number of nitrogens with one attached hydrogen (secondary N) is 1. The highest BCUT2D eigenvalue weighted by Crippen LogP contribution is 2.18. The first-order valence-corrected chi connectivity index (χ1v) is 9.42. The van der Waals surface area contributed by atoms with Crippen molar-refractivity contribution in [2.75, 3.05) is 5.32 Å². The lowest BCUT2D eigenvalue weighted by Crippen LogP contribution is -2.12. The van der Waals surface area contributed by atoms with Gasteiger partial charge < -0.3 is 9.84 Å². The van der Waals surface area contributed by atoms with Crippen LogP contribution in [0, 0.1) is 0 Å². The topological polar surface area (TPSA) is 107 Å². The largest absolute Gasteiger partial charge is 0.339 e. The zero-order valence-electron chi connectivity index (χ0n) is 14.5. The molecule has 0 aliphatic rings. The van der Waals surface area contributed by atoms with Crippen LogP contribution in [0.5, 0.6) is 0 Å². The number of nitrogens with zero attached hydrogens (tertiary/aromatic N) is 5. The van der Waals surface area contributed by atoms with Crippen LogP contribution >= 0.6 is 11.3 Å². The first-order chi connectivity index (χ1) is 12.7. The second-order valence-corrected chi connectivity index (χ2v) is 6.80. The van der Waals surface area contributed by atoms with Gasteiger partial charge in [0.1, 0.15) is 10.7 Å². The summed E-state index contributed by atoms with van der Waals surface area (Å²) in [6.45, 7) is 2.16. The molecule has 26 heavy (non-hydrogen) atoms. The van der Waals surface area contributed by atoms with Gasteiger partial charge in [0.15, 0.2) is 0 Å². The SMILES string of the molecule is CCCCCc1nnc(NC(=O)CCc2nc(-c3ccccn3)no2)s1. The Balaban J connectivity index is 1.46. The zero-order chi connectivity index (χ0) is 18.2. The predicted molar refractivity (Wildman–Crippen MR) is 97.6 cm³/mol. The molecule has 0 aromatic carbocycles. The third kappa shape index (κ3) is 5.16.